The lowest BCUT2D eigenvalue weighted by molar-refractivity contribution is 2.10. The summed E-state index contributed by atoms with van der Waals surface area (Å²) in [6.07, 6.45) is 0.639. The van der Waals surface area contributed by atoms with E-state index in [-0.39, 0.29) is 0 Å². The molecule has 0 nitrogen and oxygen atoms in total. The van der Waals surface area contributed by atoms with Crippen molar-refractivity contribution in [1.29, 1.82) is 0 Å². The lowest BCUT2D eigenvalue weighted by atomic mass is 9.84. The third-order valence-electron chi connectivity index (χ3n) is 0. The molecule has 2 heteroatoms. The molecule has 21 valence electrons. The van der Waals surface area contributed by atoms with Gasteiger partial charge in [-0.1, -0.05) is 13.6 Å². The molecule has 0 aromatic heterocycles. The molecule has 0 aliphatic rings. The first-order valence-corrected chi connectivity index (χ1v) is 2.02. The van der Waals surface area contributed by atoms with Gasteiger partial charge in [-0.2, -0.15) is 0 Å². The number of hydrogen-bond acceptors (Lipinski definition) is 0. The third-order valence-corrected chi connectivity index (χ3v) is 0. The molecule has 3 radical (unpaired) electrons. The second-order valence-corrected chi connectivity index (χ2v) is 2.31. The molecule has 0 atom stereocenters. The van der Waals surface area contributed by atoms with Crippen LogP contribution >= 0.6 is 0 Å². The van der Waals surface area contributed by atoms with Crippen LogP contribution in [-0.4, -0.2) is 16.4 Å². The van der Waals surface area contributed by atoms with Crippen LogP contribution in [0.5, 0.6) is 0 Å². The maximum Gasteiger partial charge on any atom is 0.117 e. The minimum absolute atomic E-state index is 0.639. The van der Waals surface area contributed by atoms with E-state index in [0.717, 1.165) is 0 Å². The summed E-state index contributed by atoms with van der Waals surface area (Å²) < 4.78 is 0. The van der Waals surface area contributed by atoms with Crippen LogP contribution in [0.4, 0.5) is 0 Å². The predicted molar refractivity (Wildman–Crippen MR) is 23.2 cm³/mol. The molecule has 0 saturated heterocycles. The van der Waals surface area contributed by atoms with Crippen LogP contribution in [0.15, 0.2) is 0 Å². The molecule has 0 aliphatic carbocycles. The molecular weight excluding hydrogens is 62.9 g/mol. The normalized spacial score (nSPS) is 6.75. The van der Waals surface area contributed by atoms with Crippen molar-refractivity contribution in [2.45, 2.75) is 13.6 Å². The molecule has 0 amide bonds. The van der Waals surface area contributed by atoms with Crippen molar-refractivity contribution in [2.24, 2.45) is 0 Å². The van der Waals surface area contributed by atoms with Crippen LogP contribution in [0.2, 0.25) is 13.6 Å². The van der Waals surface area contributed by atoms with Gasteiger partial charge in [0.05, 0.1) is 0 Å². The third kappa shape index (κ3) is 47.2. The first-order chi connectivity index (χ1) is 1.73. The van der Waals surface area contributed by atoms with Gasteiger partial charge in [0.15, 0.2) is 0 Å². The second kappa shape index (κ2) is 1.59. The van der Waals surface area contributed by atoms with Gasteiger partial charge in [-0.3, -0.25) is 0 Å². The maximum atomic E-state index is 3.31. The van der Waals surface area contributed by atoms with Gasteiger partial charge in [-0.15, -0.1) is 0 Å². The highest BCUT2D eigenvalue weighted by Gasteiger charge is 1.76. The Bertz CT molecular complexity index is 10.8. The summed E-state index contributed by atoms with van der Waals surface area (Å²) in [7, 11) is 3.31. The maximum absolute atomic E-state index is 3.31. The van der Waals surface area contributed by atoms with E-state index in [1.54, 1.807) is 0 Å². The standard InChI is InChI=1S/C2H6BSi/c1-3(2)4/h1-2H3. The lowest BCUT2D eigenvalue weighted by Crippen LogP contribution is -1.94. The Kier molecular flexibility index (Phi) is 1.70. The molecule has 0 N–H and O–H groups in total. The molecule has 0 rings (SSSR count). The summed E-state index contributed by atoms with van der Waals surface area (Å²) >= 11 is 0. The molecular formula is C2H6BSi. The smallest absolute Gasteiger partial charge is 0.0891 e. The van der Waals surface area contributed by atoms with E-state index < -0.39 is 0 Å². The van der Waals surface area contributed by atoms with Gasteiger partial charge in [0.1, 0.15) is 6.31 Å². The fourth-order valence-electron chi connectivity index (χ4n) is 0. The number of hydrogen-bond donors (Lipinski definition) is 0. The van der Waals surface area contributed by atoms with Crippen LogP contribution in [0.25, 0.3) is 0 Å². The monoisotopic (exact) mass is 69.0 g/mol. The molecule has 0 bridgehead atoms. The van der Waals surface area contributed by atoms with Crippen LogP contribution in [-0.2, 0) is 0 Å². The van der Waals surface area contributed by atoms with E-state index in [4.69, 9.17) is 0 Å². The predicted octanol–water partition coefficient (Wildman–Crippen LogP) is 0.406. The highest BCUT2D eigenvalue weighted by molar-refractivity contribution is 7.01. The van der Waals surface area contributed by atoms with Gasteiger partial charge in [0.2, 0.25) is 0 Å². The average Bonchev–Trinajstić information content (AvgIpc) is 0.811. The molecule has 0 fully saturated rings. The van der Waals surface area contributed by atoms with E-state index in [2.05, 4.69) is 23.8 Å². The molecule has 0 spiro atoms. The highest BCUT2D eigenvalue weighted by atomic mass is 28.1. The summed E-state index contributed by atoms with van der Waals surface area (Å²) in [5.41, 5.74) is 0. The fourth-order valence-corrected chi connectivity index (χ4v) is 0. The van der Waals surface area contributed by atoms with E-state index in [1.807, 2.05) is 0 Å². The zero-order valence-electron chi connectivity index (χ0n) is 3.08. The SMILES string of the molecule is CB(C)[Si]. The molecule has 0 heterocycles. The Morgan fingerprint density at radius 1 is 1.50 bits per heavy atom. The Morgan fingerprint density at radius 2 is 1.50 bits per heavy atom. The van der Waals surface area contributed by atoms with Crippen LogP contribution in [0.1, 0.15) is 0 Å². The number of rotatable bonds is 0. The summed E-state index contributed by atoms with van der Waals surface area (Å²) in [6.45, 7) is 4.16. The van der Waals surface area contributed by atoms with Crippen molar-refractivity contribution in [3.05, 3.63) is 0 Å². The van der Waals surface area contributed by atoms with Crippen LogP contribution in [0.3, 0.4) is 0 Å². The average molecular weight is 69.0 g/mol. The summed E-state index contributed by atoms with van der Waals surface area (Å²) in [5.74, 6) is 0. The topological polar surface area (TPSA) is 0 Å². The largest absolute Gasteiger partial charge is 0.117 e. The second-order valence-electron chi connectivity index (χ2n) is 1.15. The van der Waals surface area contributed by atoms with Gasteiger partial charge in [-0.25, -0.2) is 0 Å². The molecule has 0 unspecified atom stereocenters. The van der Waals surface area contributed by atoms with Crippen molar-refractivity contribution < 1.29 is 0 Å². The van der Waals surface area contributed by atoms with Crippen molar-refractivity contribution >= 4 is 16.4 Å². The zero-order valence-corrected chi connectivity index (χ0v) is 4.08. The molecule has 0 saturated carbocycles. The van der Waals surface area contributed by atoms with Crippen molar-refractivity contribution in [3.63, 3.8) is 0 Å². The van der Waals surface area contributed by atoms with E-state index >= 15 is 0 Å². The van der Waals surface area contributed by atoms with Crippen molar-refractivity contribution in [3.8, 4) is 0 Å². The first-order valence-electron chi connectivity index (χ1n) is 1.44. The molecule has 0 aromatic carbocycles. The van der Waals surface area contributed by atoms with Gasteiger partial charge in [0, 0.05) is 0 Å². The van der Waals surface area contributed by atoms with E-state index in [1.165, 1.54) is 0 Å². The van der Waals surface area contributed by atoms with Crippen LogP contribution < -0.4 is 0 Å². The first kappa shape index (κ1) is 4.28. The fraction of sp³-hybridized carbons (Fsp3) is 1.00. The summed E-state index contributed by atoms with van der Waals surface area (Å²) in [4.78, 5) is 0. The van der Waals surface area contributed by atoms with Gasteiger partial charge < -0.3 is 0 Å². The minimum atomic E-state index is 0.639. The Hall–Kier alpha value is 0.282. The lowest BCUT2D eigenvalue weighted by Gasteiger charge is -1.71. The Balaban J connectivity index is 2.32. The van der Waals surface area contributed by atoms with Crippen molar-refractivity contribution in [1.82, 2.24) is 0 Å². The van der Waals surface area contributed by atoms with Gasteiger partial charge >= 0.3 is 0 Å². The quantitative estimate of drug-likeness (QED) is 0.361. The Morgan fingerprint density at radius 3 is 1.50 bits per heavy atom. The summed E-state index contributed by atoms with van der Waals surface area (Å²) in [6, 6.07) is 0. The minimum Gasteiger partial charge on any atom is -0.0891 e. The van der Waals surface area contributed by atoms with Gasteiger partial charge in [-0.05, 0) is 10.1 Å². The van der Waals surface area contributed by atoms with Gasteiger partial charge in [0.25, 0.3) is 0 Å². The molecule has 4 heavy (non-hydrogen) atoms. The highest BCUT2D eigenvalue weighted by Crippen LogP contribution is 1.59. The van der Waals surface area contributed by atoms with E-state index in [0.29, 0.717) is 6.31 Å². The molecule has 0 aliphatic heterocycles. The zero-order chi connectivity index (χ0) is 3.58. The summed E-state index contributed by atoms with van der Waals surface area (Å²) in [5, 5.41) is 0. The Labute approximate surface area is 31.0 Å². The molecule has 0 aromatic rings. The van der Waals surface area contributed by atoms with E-state index in [9.17, 15) is 0 Å². The van der Waals surface area contributed by atoms with Crippen molar-refractivity contribution in [2.75, 3.05) is 0 Å². The van der Waals surface area contributed by atoms with Crippen LogP contribution in [0, 0.1) is 0 Å².